The molecule has 0 spiro atoms. The molecule has 2 aliphatic heterocycles. The first-order valence-corrected chi connectivity index (χ1v) is 10.3. The highest BCUT2D eigenvalue weighted by atomic mass is 32.2. The standard InChI is InChI=1S/C19H23N6O2S/c1-11(2)21-4-3-5-24-18-16(17(20)22-9-23-18)25-8-12-6-13-14(27-10-26-13)7-15(12)28-19(24)25/h6-7,9,11,21H,3-5,8,10H2,1-2H3,(H2,20,22,23)/q+1. The Morgan fingerprint density at radius 2 is 2.11 bits per heavy atom. The normalized spacial score (nSPS) is 14.5. The molecule has 0 radical (unpaired) electrons. The average molecular weight is 400 g/mol. The largest absolute Gasteiger partial charge is 0.454 e. The zero-order chi connectivity index (χ0) is 19.3. The fraction of sp³-hybridized carbons (Fsp3) is 0.421. The Balaban J connectivity index is 1.55. The predicted molar refractivity (Wildman–Crippen MR) is 106 cm³/mol. The Hall–Kier alpha value is -2.52. The molecule has 4 heterocycles. The van der Waals surface area contributed by atoms with Gasteiger partial charge in [-0.15, -0.1) is 0 Å². The van der Waals surface area contributed by atoms with Crippen LogP contribution >= 0.6 is 11.8 Å². The molecule has 1 aromatic carbocycles. The average Bonchev–Trinajstić information content (AvgIpc) is 3.24. The van der Waals surface area contributed by atoms with Crippen molar-refractivity contribution in [2.75, 3.05) is 19.1 Å². The molecule has 0 saturated carbocycles. The third-order valence-electron chi connectivity index (χ3n) is 5.02. The second kappa shape index (κ2) is 6.82. The highest BCUT2D eigenvalue weighted by Gasteiger charge is 2.33. The molecular weight excluding hydrogens is 376 g/mol. The number of hydrogen-bond acceptors (Lipinski definition) is 7. The van der Waals surface area contributed by atoms with Crippen LogP contribution in [0.25, 0.3) is 11.2 Å². The van der Waals surface area contributed by atoms with Gasteiger partial charge in [0.1, 0.15) is 0 Å². The van der Waals surface area contributed by atoms with Crippen LogP contribution in [-0.4, -0.2) is 33.9 Å². The molecule has 5 rings (SSSR count). The molecule has 146 valence electrons. The molecule has 0 saturated heterocycles. The number of hydrogen-bond donors (Lipinski definition) is 2. The van der Waals surface area contributed by atoms with Crippen LogP contribution in [0.4, 0.5) is 5.82 Å². The molecule has 8 nitrogen and oxygen atoms in total. The molecule has 0 bridgehead atoms. The maximum atomic E-state index is 6.25. The van der Waals surface area contributed by atoms with Crippen molar-refractivity contribution in [3.8, 4) is 11.5 Å². The van der Waals surface area contributed by atoms with Gasteiger partial charge in [0.25, 0.3) is 5.16 Å². The molecule has 0 amide bonds. The summed E-state index contributed by atoms with van der Waals surface area (Å²) in [5, 5.41) is 4.60. The zero-order valence-corrected chi connectivity index (χ0v) is 16.8. The number of aryl methyl sites for hydroxylation is 1. The molecule has 3 N–H and O–H groups in total. The minimum absolute atomic E-state index is 0.280. The number of nitrogens with one attached hydrogen (secondary N) is 1. The van der Waals surface area contributed by atoms with Crippen molar-refractivity contribution in [3.63, 3.8) is 0 Å². The summed E-state index contributed by atoms with van der Waals surface area (Å²) in [6, 6.07) is 4.62. The Bertz CT molecular complexity index is 1060. The van der Waals surface area contributed by atoms with Crippen molar-refractivity contribution in [2.24, 2.45) is 0 Å². The van der Waals surface area contributed by atoms with Gasteiger partial charge in [-0.3, -0.25) is 0 Å². The van der Waals surface area contributed by atoms with E-state index in [0.717, 1.165) is 47.3 Å². The van der Waals surface area contributed by atoms with Gasteiger partial charge in [-0.2, -0.15) is 4.98 Å². The lowest BCUT2D eigenvalue weighted by Gasteiger charge is -2.16. The Morgan fingerprint density at radius 1 is 1.29 bits per heavy atom. The van der Waals surface area contributed by atoms with Crippen molar-refractivity contribution in [3.05, 3.63) is 24.0 Å². The number of nitrogen functional groups attached to an aromatic ring is 1. The fourth-order valence-corrected chi connectivity index (χ4v) is 4.88. The number of imidazole rings is 1. The molecule has 3 aromatic rings. The highest BCUT2D eigenvalue weighted by Crippen LogP contribution is 2.44. The molecule has 2 aliphatic rings. The molecule has 0 aliphatic carbocycles. The SMILES string of the molecule is CC(C)NCCC[n+]1c2n(c3c(N)ncnc31)Cc1cc3c(cc1S2)OCO3. The molecule has 0 fully saturated rings. The van der Waals surface area contributed by atoms with Gasteiger partial charge >= 0.3 is 5.65 Å². The smallest absolute Gasteiger partial charge is 0.308 e. The number of nitrogens with two attached hydrogens (primary N) is 1. The van der Waals surface area contributed by atoms with E-state index < -0.39 is 0 Å². The maximum Gasteiger partial charge on any atom is 0.308 e. The predicted octanol–water partition coefficient (Wildman–Crippen LogP) is 1.93. The lowest BCUT2D eigenvalue weighted by atomic mass is 10.2. The Kier molecular flexibility index (Phi) is 4.28. The van der Waals surface area contributed by atoms with Crippen LogP contribution in [0.2, 0.25) is 0 Å². The molecule has 2 aromatic heterocycles. The van der Waals surface area contributed by atoms with Crippen molar-refractivity contribution in [1.29, 1.82) is 0 Å². The van der Waals surface area contributed by atoms with Gasteiger partial charge in [0.2, 0.25) is 12.3 Å². The van der Waals surface area contributed by atoms with Crippen LogP contribution in [-0.2, 0) is 13.1 Å². The van der Waals surface area contributed by atoms with E-state index in [1.807, 2.05) is 0 Å². The second-order valence-electron chi connectivity index (χ2n) is 7.33. The van der Waals surface area contributed by atoms with Crippen molar-refractivity contribution in [1.82, 2.24) is 19.9 Å². The fourth-order valence-electron chi connectivity index (χ4n) is 3.71. The van der Waals surface area contributed by atoms with Crippen LogP contribution in [0.1, 0.15) is 25.8 Å². The molecular formula is C19H23N6O2S+. The first-order chi connectivity index (χ1) is 13.6. The summed E-state index contributed by atoms with van der Waals surface area (Å²) in [6.07, 6.45) is 2.55. The van der Waals surface area contributed by atoms with Gasteiger partial charge < -0.3 is 20.5 Å². The second-order valence-corrected chi connectivity index (χ2v) is 8.34. The Labute approximate surface area is 167 Å². The van der Waals surface area contributed by atoms with Crippen LogP contribution in [0, 0.1) is 0 Å². The van der Waals surface area contributed by atoms with E-state index >= 15 is 0 Å². The lowest BCUT2D eigenvalue weighted by Crippen LogP contribution is -2.38. The lowest BCUT2D eigenvalue weighted by molar-refractivity contribution is -0.712. The topological polar surface area (TPSA) is 91.1 Å². The van der Waals surface area contributed by atoms with Gasteiger partial charge in [-0.25, -0.2) is 9.13 Å². The first-order valence-electron chi connectivity index (χ1n) is 9.48. The number of ether oxygens (including phenoxy) is 2. The monoisotopic (exact) mass is 399 g/mol. The van der Waals surface area contributed by atoms with E-state index in [9.17, 15) is 0 Å². The van der Waals surface area contributed by atoms with Gasteiger partial charge in [-0.05, 0) is 36.9 Å². The Morgan fingerprint density at radius 3 is 2.93 bits per heavy atom. The van der Waals surface area contributed by atoms with Crippen LogP contribution in [0.3, 0.4) is 0 Å². The summed E-state index contributed by atoms with van der Waals surface area (Å²) < 4.78 is 15.6. The van der Waals surface area contributed by atoms with Crippen molar-refractivity contribution < 1.29 is 14.0 Å². The zero-order valence-electron chi connectivity index (χ0n) is 15.9. The summed E-state index contributed by atoms with van der Waals surface area (Å²) in [6.45, 7) is 7.13. The van der Waals surface area contributed by atoms with Crippen LogP contribution < -0.4 is 25.1 Å². The van der Waals surface area contributed by atoms with Crippen LogP contribution in [0.15, 0.2) is 28.5 Å². The molecule has 28 heavy (non-hydrogen) atoms. The number of rotatable bonds is 5. The van der Waals surface area contributed by atoms with Gasteiger partial charge in [0.15, 0.2) is 23.6 Å². The van der Waals surface area contributed by atoms with E-state index in [-0.39, 0.29) is 6.79 Å². The van der Waals surface area contributed by atoms with E-state index in [2.05, 4.69) is 50.4 Å². The summed E-state index contributed by atoms with van der Waals surface area (Å²) >= 11 is 1.72. The number of aromatic nitrogens is 4. The molecule has 0 unspecified atom stereocenters. The third kappa shape index (κ3) is 2.85. The minimum Gasteiger partial charge on any atom is -0.454 e. The van der Waals surface area contributed by atoms with Gasteiger partial charge in [-0.1, -0.05) is 18.8 Å². The summed E-state index contributed by atoms with van der Waals surface area (Å²) in [4.78, 5) is 9.96. The van der Waals surface area contributed by atoms with Crippen LogP contribution in [0.5, 0.6) is 11.5 Å². The number of anilines is 1. The van der Waals surface area contributed by atoms with E-state index in [1.165, 1.54) is 10.5 Å². The van der Waals surface area contributed by atoms with E-state index in [4.69, 9.17) is 15.2 Å². The number of benzene rings is 1. The maximum absolute atomic E-state index is 6.25. The minimum atomic E-state index is 0.280. The van der Waals surface area contributed by atoms with Crippen molar-refractivity contribution in [2.45, 2.75) is 49.5 Å². The quantitative estimate of drug-likeness (QED) is 0.391. The third-order valence-corrected chi connectivity index (χ3v) is 6.24. The van der Waals surface area contributed by atoms with E-state index in [1.54, 1.807) is 18.1 Å². The van der Waals surface area contributed by atoms with E-state index in [0.29, 0.717) is 18.4 Å². The number of fused-ring (bicyclic) bond motifs is 5. The van der Waals surface area contributed by atoms with Gasteiger partial charge in [0, 0.05) is 16.5 Å². The van der Waals surface area contributed by atoms with Crippen molar-refractivity contribution >= 4 is 28.7 Å². The summed E-state index contributed by atoms with van der Waals surface area (Å²) in [7, 11) is 0. The summed E-state index contributed by atoms with van der Waals surface area (Å²) in [5.74, 6) is 2.12. The number of nitrogens with zero attached hydrogens (tertiary/aromatic N) is 4. The molecule has 9 heteroatoms. The summed E-state index contributed by atoms with van der Waals surface area (Å²) in [5.41, 5.74) is 9.21. The van der Waals surface area contributed by atoms with Gasteiger partial charge in [0.05, 0.1) is 13.1 Å². The highest BCUT2D eigenvalue weighted by molar-refractivity contribution is 7.99. The first kappa shape index (κ1) is 17.6. The molecule has 0 atom stereocenters.